The maximum absolute atomic E-state index is 8.13. The van der Waals surface area contributed by atoms with Gasteiger partial charge in [-0.25, -0.2) is 0 Å². The Morgan fingerprint density at radius 3 is 2.86 bits per heavy atom. The first-order valence-electron chi connectivity index (χ1n) is 2.45. The average Bonchev–Trinajstić information content (AvgIpc) is 2.14. The number of hydrogen-bond donors (Lipinski definition) is 1. The summed E-state index contributed by atoms with van der Waals surface area (Å²) in [5.41, 5.74) is 0.917. The lowest BCUT2D eigenvalue weighted by molar-refractivity contribution is 0.317. The van der Waals surface area contributed by atoms with Gasteiger partial charge in [0, 0.05) is 0 Å². The summed E-state index contributed by atoms with van der Waals surface area (Å²) in [6.07, 6.45) is 5.04. The molecular weight excluding hydrogens is 90.1 g/mol. The Morgan fingerprint density at radius 2 is 2.57 bits per heavy atom. The third kappa shape index (κ3) is 0.918. The van der Waals surface area contributed by atoms with E-state index in [9.17, 15) is 0 Å². The zero-order valence-electron chi connectivity index (χ0n) is 4.09. The fourth-order valence-electron chi connectivity index (χ4n) is 0.730. The molecule has 2 heteroatoms. The summed E-state index contributed by atoms with van der Waals surface area (Å²) in [4.78, 5) is 0. The summed E-state index contributed by atoms with van der Waals surface area (Å²) in [6, 6.07) is 0. The van der Waals surface area contributed by atoms with Crippen LogP contribution in [0.4, 0.5) is 0 Å². The Kier molecular flexibility index (Phi) is 1.29. The normalized spacial score (nSPS) is 26.6. The van der Waals surface area contributed by atoms with Crippen molar-refractivity contribution in [1.82, 2.24) is 0 Å². The zero-order chi connectivity index (χ0) is 5.11. The highest BCUT2D eigenvalue weighted by molar-refractivity contribution is 5.86. The summed E-state index contributed by atoms with van der Waals surface area (Å²) in [5.74, 6) is 0. The molecule has 0 bridgehead atoms. The summed E-state index contributed by atoms with van der Waals surface area (Å²) in [5, 5.41) is 11.2. The number of hydrogen-bond acceptors (Lipinski definition) is 2. The van der Waals surface area contributed by atoms with Gasteiger partial charge < -0.3 is 5.21 Å². The zero-order valence-corrected chi connectivity index (χ0v) is 4.09. The van der Waals surface area contributed by atoms with Crippen molar-refractivity contribution < 1.29 is 5.21 Å². The number of oxime groups is 1. The van der Waals surface area contributed by atoms with Gasteiger partial charge in [-0.1, -0.05) is 5.16 Å². The summed E-state index contributed by atoms with van der Waals surface area (Å²) < 4.78 is 0. The summed E-state index contributed by atoms with van der Waals surface area (Å²) >= 11 is 0. The molecule has 0 unspecified atom stereocenters. The second-order valence-electron chi connectivity index (χ2n) is 1.70. The quantitative estimate of drug-likeness (QED) is 0.358. The molecule has 1 N–H and O–H groups in total. The Morgan fingerprint density at radius 1 is 1.71 bits per heavy atom. The molecule has 1 aliphatic carbocycles. The van der Waals surface area contributed by atoms with Crippen LogP contribution >= 0.6 is 0 Å². The van der Waals surface area contributed by atoms with Crippen LogP contribution in [0, 0.1) is 6.42 Å². The smallest absolute Gasteiger partial charge is 0.0573 e. The van der Waals surface area contributed by atoms with Crippen LogP contribution in [0.2, 0.25) is 0 Å². The number of nitrogens with zero attached hydrogens (tertiary/aromatic N) is 1. The van der Waals surface area contributed by atoms with E-state index in [1.54, 1.807) is 0 Å². The van der Waals surface area contributed by atoms with E-state index in [0.717, 1.165) is 25.0 Å². The summed E-state index contributed by atoms with van der Waals surface area (Å²) in [7, 11) is 0. The third-order valence-corrected chi connectivity index (χ3v) is 1.16. The molecule has 0 spiro atoms. The van der Waals surface area contributed by atoms with Gasteiger partial charge in [0.15, 0.2) is 0 Å². The predicted molar refractivity (Wildman–Crippen MR) is 27.4 cm³/mol. The van der Waals surface area contributed by atoms with Crippen molar-refractivity contribution in [2.75, 3.05) is 0 Å². The van der Waals surface area contributed by atoms with E-state index < -0.39 is 0 Å². The van der Waals surface area contributed by atoms with E-state index in [-0.39, 0.29) is 0 Å². The van der Waals surface area contributed by atoms with Gasteiger partial charge >= 0.3 is 0 Å². The minimum absolute atomic E-state index is 0.885. The fourth-order valence-corrected chi connectivity index (χ4v) is 0.730. The van der Waals surface area contributed by atoms with E-state index >= 15 is 0 Å². The van der Waals surface area contributed by atoms with Crippen LogP contribution in [0.1, 0.15) is 19.3 Å². The van der Waals surface area contributed by atoms with E-state index in [1.165, 1.54) is 0 Å². The largest absolute Gasteiger partial charge is 0.411 e. The second-order valence-corrected chi connectivity index (χ2v) is 1.70. The first-order chi connectivity index (χ1) is 3.43. The highest BCUT2D eigenvalue weighted by Crippen LogP contribution is 2.12. The van der Waals surface area contributed by atoms with Gasteiger partial charge in [0.25, 0.3) is 0 Å². The van der Waals surface area contributed by atoms with Gasteiger partial charge in [0.05, 0.1) is 5.71 Å². The first kappa shape index (κ1) is 4.62. The fraction of sp³-hybridized carbons (Fsp3) is 0.600. The lowest BCUT2D eigenvalue weighted by Gasteiger charge is -1.82. The molecule has 1 radical (unpaired) electrons. The van der Waals surface area contributed by atoms with E-state index in [0.29, 0.717) is 0 Å². The van der Waals surface area contributed by atoms with Crippen LogP contribution in [0.5, 0.6) is 0 Å². The molecule has 1 rings (SSSR count). The molecule has 0 aliphatic heterocycles. The molecule has 0 atom stereocenters. The highest BCUT2D eigenvalue weighted by Gasteiger charge is 2.06. The molecule has 0 aromatic heterocycles. The first-order valence-corrected chi connectivity index (χ1v) is 2.45. The van der Waals surface area contributed by atoms with Crippen LogP contribution in [-0.2, 0) is 0 Å². The van der Waals surface area contributed by atoms with E-state index in [2.05, 4.69) is 11.6 Å². The van der Waals surface area contributed by atoms with Crippen LogP contribution in [0.3, 0.4) is 0 Å². The van der Waals surface area contributed by atoms with Crippen molar-refractivity contribution in [1.29, 1.82) is 0 Å². The van der Waals surface area contributed by atoms with Crippen molar-refractivity contribution in [3.05, 3.63) is 6.42 Å². The van der Waals surface area contributed by atoms with Gasteiger partial charge in [0.1, 0.15) is 0 Å². The van der Waals surface area contributed by atoms with Gasteiger partial charge in [0.2, 0.25) is 0 Å². The van der Waals surface area contributed by atoms with Crippen LogP contribution in [-0.4, -0.2) is 10.9 Å². The maximum Gasteiger partial charge on any atom is 0.0573 e. The Labute approximate surface area is 42.8 Å². The number of rotatable bonds is 0. The van der Waals surface area contributed by atoms with Crippen LogP contribution in [0.15, 0.2) is 5.16 Å². The molecule has 1 fully saturated rings. The molecule has 0 aromatic rings. The molecule has 1 saturated carbocycles. The standard InChI is InChI=1S/C5H8NO/c7-6-5-3-1-2-4-5/h1,7H,2-4H2. The lowest BCUT2D eigenvalue weighted by Crippen LogP contribution is -1.85. The molecule has 1 aliphatic rings. The van der Waals surface area contributed by atoms with Crippen molar-refractivity contribution in [3.8, 4) is 0 Å². The predicted octanol–water partition coefficient (Wildman–Crippen LogP) is 1.20. The molecule has 0 heterocycles. The molecule has 39 valence electrons. The minimum Gasteiger partial charge on any atom is -0.411 e. The van der Waals surface area contributed by atoms with E-state index in [4.69, 9.17) is 5.21 Å². The molecule has 0 aromatic carbocycles. The van der Waals surface area contributed by atoms with Crippen molar-refractivity contribution >= 4 is 5.71 Å². The molecule has 0 saturated heterocycles. The SMILES string of the molecule is ON=C1C[CH]CC1. The van der Waals surface area contributed by atoms with Gasteiger partial charge in [-0.3, -0.25) is 0 Å². The maximum atomic E-state index is 8.13. The van der Waals surface area contributed by atoms with Crippen molar-refractivity contribution in [2.45, 2.75) is 19.3 Å². The van der Waals surface area contributed by atoms with Crippen molar-refractivity contribution in [2.24, 2.45) is 5.16 Å². The molecule has 2 nitrogen and oxygen atoms in total. The van der Waals surface area contributed by atoms with Crippen LogP contribution < -0.4 is 0 Å². The van der Waals surface area contributed by atoms with Gasteiger partial charge in [-0.05, 0) is 25.7 Å². The van der Waals surface area contributed by atoms with Crippen molar-refractivity contribution in [3.63, 3.8) is 0 Å². The topological polar surface area (TPSA) is 32.6 Å². The monoisotopic (exact) mass is 98.1 g/mol. The summed E-state index contributed by atoms with van der Waals surface area (Å²) in [6.45, 7) is 0. The highest BCUT2D eigenvalue weighted by atomic mass is 16.4. The third-order valence-electron chi connectivity index (χ3n) is 1.16. The minimum atomic E-state index is 0.885. The average molecular weight is 98.1 g/mol. The Bertz CT molecular complexity index is 80.1. The Hall–Kier alpha value is -0.530. The van der Waals surface area contributed by atoms with Gasteiger partial charge in [-0.2, -0.15) is 0 Å². The van der Waals surface area contributed by atoms with E-state index in [1.807, 2.05) is 0 Å². The molecular formula is C5H8NO. The second kappa shape index (κ2) is 1.96. The molecule has 0 amide bonds. The molecule has 7 heavy (non-hydrogen) atoms. The Balaban J connectivity index is 2.41. The van der Waals surface area contributed by atoms with Crippen LogP contribution in [0.25, 0.3) is 0 Å². The van der Waals surface area contributed by atoms with Gasteiger partial charge in [-0.15, -0.1) is 0 Å². The lowest BCUT2D eigenvalue weighted by atomic mass is 10.3.